The Morgan fingerprint density at radius 3 is 2.61 bits per heavy atom. The van der Waals surface area contributed by atoms with Gasteiger partial charge in [0.05, 0.1) is 6.42 Å². The molecule has 1 unspecified atom stereocenters. The van der Waals surface area contributed by atoms with Crippen LogP contribution < -0.4 is 10.2 Å². The number of para-hydroxylation sites is 1. The average Bonchev–Trinajstić information content (AvgIpc) is 3.04. The number of rotatable bonds is 5. The Balaban J connectivity index is 1.53. The maximum Gasteiger partial charge on any atom is 0.224 e. The topological polar surface area (TPSA) is 32.3 Å². The van der Waals surface area contributed by atoms with Gasteiger partial charge in [0.2, 0.25) is 5.91 Å². The fraction of sp³-hybridized carbons (Fsp3) is 0.316. The highest BCUT2D eigenvalue weighted by Gasteiger charge is 2.24. The lowest BCUT2D eigenvalue weighted by Gasteiger charge is -2.27. The normalized spacial score (nSPS) is 17.3. The van der Waals surface area contributed by atoms with Crippen LogP contribution in [0, 0.1) is 0 Å². The molecule has 1 aliphatic rings. The molecular formula is C19H21BrN2O. The van der Waals surface area contributed by atoms with Crippen LogP contribution in [0.25, 0.3) is 0 Å². The van der Waals surface area contributed by atoms with Crippen LogP contribution in [-0.2, 0) is 11.2 Å². The third kappa shape index (κ3) is 4.35. The van der Waals surface area contributed by atoms with E-state index in [9.17, 15) is 4.79 Å². The number of hydrogen-bond donors (Lipinski definition) is 1. The molecule has 1 heterocycles. The van der Waals surface area contributed by atoms with Gasteiger partial charge in [-0.3, -0.25) is 4.79 Å². The molecule has 0 aliphatic carbocycles. The van der Waals surface area contributed by atoms with Gasteiger partial charge in [-0.25, -0.2) is 0 Å². The molecule has 2 aromatic carbocycles. The summed E-state index contributed by atoms with van der Waals surface area (Å²) in [6.45, 7) is 1.78. The summed E-state index contributed by atoms with van der Waals surface area (Å²) in [6, 6.07) is 18.7. The maximum absolute atomic E-state index is 12.2. The first-order valence-corrected chi connectivity index (χ1v) is 8.84. The molecule has 1 N–H and O–H groups in total. The van der Waals surface area contributed by atoms with E-state index >= 15 is 0 Å². The standard InChI is InChI=1S/C19H21BrN2O/c20-16-10-8-15(9-11-16)13-19(23)21-14-18-7-4-12-22(18)17-5-2-1-3-6-17/h1-3,5-6,8-11,18H,4,7,12-14H2,(H,21,23). The van der Waals surface area contributed by atoms with Crippen LogP contribution >= 0.6 is 15.9 Å². The Bertz CT molecular complexity index is 642. The Morgan fingerprint density at radius 2 is 1.87 bits per heavy atom. The molecule has 0 spiro atoms. The van der Waals surface area contributed by atoms with Gasteiger partial charge in [-0.15, -0.1) is 0 Å². The summed E-state index contributed by atoms with van der Waals surface area (Å²) in [5.74, 6) is 0.0900. The quantitative estimate of drug-likeness (QED) is 0.865. The first-order chi connectivity index (χ1) is 11.2. The van der Waals surface area contributed by atoms with E-state index in [-0.39, 0.29) is 5.91 Å². The Morgan fingerprint density at radius 1 is 1.13 bits per heavy atom. The van der Waals surface area contributed by atoms with Crippen molar-refractivity contribution >= 4 is 27.5 Å². The monoisotopic (exact) mass is 372 g/mol. The number of nitrogens with one attached hydrogen (secondary N) is 1. The van der Waals surface area contributed by atoms with E-state index in [0.29, 0.717) is 19.0 Å². The number of anilines is 1. The predicted octanol–water partition coefficient (Wildman–Crippen LogP) is 3.78. The van der Waals surface area contributed by atoms with Gasteiger partial charge < -0.3 is 10.2 Å². The van der Waals surface area contributed by atoms with E-state index in [0.717, 1.165) is 23.0 Å². The van der Waals surface area contributed by atoms with Crippen molar-refractivity contribution in [2.24, 2.45) is 0 Å². The second-order valence-corrected chi connectivity index (χ2v) is 6.85. The molecule has 1 fully saturated rings. The smallest absolute Gasteiger partial charge is 0.224 e. The molecule has 3 rings (SSSR count). The van der Waals surface area contributed by atoms with Crippen LogP contribution in [0.2, 0.25) is 0 Å². The van der Waals surface area contributed by atoms with Crippen LogP contribution in [0.15, 0.2) is 59.1 Å². The highest BCUT2D eigenvalue weighted by Crippen LogP contribution is 2.24. The number of carbonyl (C=O) groups excluding carboxylic acids is 1. The van der Waals surface area contributed by atoms with Crippen molar-refractivity contribution < 1.29 is 4.79 Å². The number of amides is 1. The van der Waals surface area contributed by atoms with Crippen LogP contribution in [0.1, 0.15) is 18.4 Å². The Hall–Kier alpha value is -1.81. The molecule has 0 radical (unpaired) electrons. The lowest BCUT2D eigenvalue weighted by molar-refractivity contribution is -0.120. The van der Waals surface area contributed by atoms with Gasteiger partial charge in [-0.1, -0.05) is 46.3 Å². The van der Waals surface area contributed by atoms with Crippen LogP contribution in [0.3, 0.4) is 0 Å². The van der Waals surface area contributed by atoms with Crippen molar-refractivity contribution in [1.29, 1.82) is 0 Å². The summed E-state index contributed by atoms with van der Waals surface area (Å²) in [5, 5.41) is 3.10. The highest BCUT2D eigenvalue weighted by atomic mass is 79.9. The largest absolute Gasteiger partial charge is 0.367 e. The second kappa shape index (κ2) is 7.64. The molecule has 4 heteroatoms. The fourth-order valence-corrected chi connectivity index (χ4v) is 3.35. The van der Waals surface area contributed by atoms with Crippen molar-refractivity contribution in [3.05, 3.63) is 64.6 Å². The summed E-state index contributed by atoms with van der Waals surface area (Å²) >= 11 is 3.41. The molecule has 1 aliphatic heterocycles. The van der Waals surface area contributed by atoms with Crippen LogP contribution in [0.5, 0.6) is 0 Å². The maximum atomic E-state index is 12.2. The van der Waals surface area contributed by atoms with Gasteiger partial charge in [0, 0.05) is 29.3 Å². The van der Waals surface area contributed by atoms with E-state index < -0.39 is 0 Å². The SMILES string of the molecule is O=C(Cc1ccc(Br)cc1)NCC1CCCN1c1ccccc1. The molecule has 120 valence electrons. The van der Waals surface area contributed by atoms with Crippen LogP contribution in [0.4, 0.5) is 5.69 Å². The van der Waals surface area contributed by atoms with Crippen molar-refractivity contribution in [1.82, 2.24) is 5.32 Å². The Kier molecular flexibility index (Phi) is 5.34. The molecule has 3 nitrogen and oxygen atoms in total. The lowest BCUT2D eigenvalue weighted by Crippen LogP contribution is -2.40. The zero-order valence-electron chi connectivity index (χ0n) is 13.0. The van der Waals surface area contributed by atoms with Crippen LogP contribution in [-0.4, -0.2) is 25.0 Å². The number of nitrogens with zero attached hydrogens (tertiary/aromatic N) is 1. The van der Waals surface area contributed by atoms with Crippen molar-refractivity contribution in [3.8, 4) is 0 Å². The van der Waals surface area contributed by atoms with E-state index in [1.54, 1.807) is 0 Å². The first kappa shape index (κ1) is 16.1. The minimum absolute atomic E-state index is 0.0900. The van der Waals surface area contributed by atoms with Crippen molar-refractivity contribution in [3.63, 3.8) is 0 Å². The van der Waals surface area contributed by atoms with Gasteiger partial charge in [-0.2, -0.15) is 0 Å². The van der Waals surface area contributed by atoms with E-state index in [2.05, 4.69) is 50.4 Å². The van der Waals surface area contributed by atoms with E-state index in [4.69, 9.17) is 0 Å². The van der Waals surface area contributed by atoms with E-state index in [1.807, 2.05) is 30.3 Å². The third-order valence-corrected chi connectivity index (χ3v) is 4.81. The average molecular weight is 373 g/mol. The van der Waals surface area contributed by atoms with Crippen molar-refractivity contribution in [2.45, 2.75) is 25.3 Å². The highest BCUT2D eigenvalue weighted by molar-refractivity contribution is 9.10. The molecular weight excluding hydrogens is 352 g/mol. The minimum Gasteiger partial charge on any atom is -0.367 e. The third-order valence-electron chi connectivity index (χ3n) is 4.28. The summed E-state index contributed by atoms with van der Waals surface area (Å²) in [6.07, 6.45) is 2.75. The number of halogens is 1. The van der Waals surface area contributed by atoms with E-state index in [1.165, 1.54) is 12.1 Å². The predicted molar refractivity (Wildman–Crippen MR) is 97.7 cm³/mol. The molecule has 2 aromatic rings. The lowest BCUT2D eigenvalue weighted by atomic mass is 10.1. The number of carbonyl (C=O) groups is 1. The Labute approximate surface area is 145 Å². The molecule has 1 amide bonds. The second-order valence-electron chi connectivity index (χ2n) is 5.93. The minimum atomic E-state index is 0.0900. The van der Waals surface area contributed by atoms with Gasteiger partial charge in [0.15, 0.2) is 0 Å². The first-order valence-electron chi connectivity index (χ1n) is 8.05. The molecule has 1 saturated heterocycles. The summed E-state index contributed by atoms with van der Waals surface area (Å²) in [5.41, 5.74) is 2.29. The molecule has 1 atom stereocenters. The summed E-state index contributed by atoms with van der Waals surface area (Å²) in [7, 11) is 0. The number of hydrogen-bond acceptors (Lipinski definition) is 2. The number of benzene rings is 2. The molecule has 0 aromatic heterocycles. The van der Waals surface area contributed by atoms with Gasteiger partial charge in [-0.05, 0) is 42.7 Å². The zero-order chi connectivity index (χ0) is 16.1. The van der Waals surface area contributed by atoms with Gasteiger partial charge in [0.1, 0.15) is 0 Å². The molecule has 0 bridgehead atoms. The molecule has 23 heavy (non-hydrogen) atoms. The van der Waals surface area contributed by atoms with Crippen molar-refractivity contribution in [2.75, 3.05) is 18.0 Å². The van der Waals surface area contributed by atoms with Gasteiger partial charge >= 0.3 is 0 Å². The van der Waals surface area contributed by atoms with Gasteiger partial charge in [0.25, 0.3) is 0 Å². The molecule has 0 saturated carbocycles. The summed E-state index contributed by atoms with van der Waals surface area (Å²) in [4.78, 5) is 14.6. The zero-order valence-corrected chi connectivity index (χ0v) is 14.6. The summed E-state index contributed by atoms with van der Waals surface area (Å²) < 4.78 is 1.03. The fourth-order valence-electron chi connectivity index (χ4n) is 3.09.